The molecule has 0 spiro atoms. The van der Waals surface area contributed by atoms with Crippen molar-refractivity contribution in [1.29, 1.82) is 0 Å². The number of nitrogens with one attached hydrogen (secondary N) is 1. The molecule has 0 aliphatic carbocycles. The quantitative estimate of drug-likeness (QED) is 0.845. The molecule has 2 atom stereocenters. The molecule has 94 valence electrons. The Morgan fingerprint density at radius 1 is 1.41 bits per heavy atom. The molecular weight excluding hydrogens is 248 g/mol. The normalized spacial score (nSPS) is 21.8. The molecule has 0 aromatic heterocycles. The van der Waals surface area contributed by atoms with Crippen molar-refractivity contribution >= 4 is 11.6 Å². The van der Waals surface area contributed by atoms with Gasteiger partial charge in [0.15, 0.2) is 0 Å². The molecule has 2 rings (SSSR count). The van der Waals surface area contributed by atoms with Crippen molar-refractivity contribution in [2.24, 2.45) is 5.92 Å². The van der Waals surface area contributed by atoms with Gasteiger partial charge in [0.2, 0.25) is 0 Å². The Morgan fingerprint density at radius 3 is 2.76 bits per heavy atom. The highest BCUT2D eigenvalue weighted by Gasteiger charge is 2.28. The van der Waals surface area contributed by atoms with E-state index < -0.39 is 11.6 Å². The Bertz CT molecular complexity index is 408. The van der Waals surface area contributed by atoms with E-state index in [1.54, 1.807) is 7.05 Å². The van der Waals surface area contributed by atoms with E-state index in [0.717, 1.165) is 18.6 Å². The topological polar surface area (TPSA) is 21.3 Å². The molecule has 0 saturated carbocycles. The molecule has 2 unspecified atom stereocenters. The van der Waals surface area contributed by atoms with E-state index in [4.69, 9.17) is 16.3 Å². The maximum Gasteiger partial charge on any atom is 0.142 e. The van der Waals surface area contributed by atoms with Crippen LogP contribution in [0.3, 0.4) is 0 Å². The Balaban J connectivity index is 2.32. The highest BCUT2D eigenvalue weighted by molar-refractivity contribution is 6.30. The van der Waals surface area contributed by atoms with Crippen LogP contribution in [0, 0.1) is 17.6 Å². The molecule has 0 bridgehead atoms. The van der Waals surface area contributed by atoms with Gasteiger partial charge in [-0.15, -0.1) is 0 Å². The van der Waals surface area contributed by atoms with Crippen molar-refractivity contribution < 1.29 is 13.5 Å². The number of halogens is 3. The van der Waals surface area contributed by atoms with Gasteiger partial charge in [-0.05, 0) is 25.6 Å². The Labute approximate surface area is 104 Å². The van der Waals surface area contributed by atoms with E-state index >= 15 is 0 Å². The summed E-state index contributed by atoms with van der Waals surface area (Å²) in [5.41, 5.74) is 0.310. The van der Waals surface area contributed by atoms with E-state index in [1.165, 1.54) is 0 Å². The molecule has 1 saturated heterocycles. The van der Waals surface area contributed by atoms with Gasteiger partial charge >= 0.3 is 0 Å². The first-order valence-corrected chi connectivity index (χ1v) is 5.90. The third kappa shape index (κ3) is 2.59. The van der Waals surface area contributed by atoms with E-state index in [-0.39, 0.29) is 17.0 Å². The van der Waals surface area contributed by atoms with Crippen LogP contribution in [-0.2, 0) is 4.74 Å². The second-order valence-corrected chi connectivity index (χ2v) is 4.59. The fraction of sp³-hybridized carbons (Fsp3) is 0.500. The van der Waals surface area contributed by atoms with E-state index in [1.807, 2.05) is 0 Å². The zero-order chi connectivity index (χ0) is 12.4. The van der Waals surface area contributed by atoms with E-state index in [2.05, 4.69) is 5.32 Å². The first-order chi connectivity index (χ1) is 8.13. The smallest absolute Gasteiger partial charge is 0.142 e. The van der Waals surface area contributed by atoms with Crippen LogP contribution in [0.25, 0.3) is 0 Å². The van der Waals surface area contributed by atoms with Gasteiger partial charge in [-0.25, -0.2) is 8.78 Å². The summed E-state index contributed by atoms with van der Waals surface area (Å²) in [6.45, 7) is 1.23. The molecule has 0 amide bonds. The van der Waals surface area contributed by atoms with Crippen LogP contribution >= 0.6 is 11.6 Å². The second-order valence-electron chi connectivity index (χ2n) is 4.18. The van der Waals surface area contributed by atoms with Crippen LogP contribution in [0.5, 0.6) is 0 Å². The van der Waals surface area contributed by atoms with Gasteiger partial charge in [0.25, 0.3) is 0 Å². The minimum Gasteiger partial charge on any atom is -0.381 e. The predicted molar refractivity (Wildman–Crippen MR) is 62.1 cm³/mol. The summed E-state index contributed by atoms with van der Waals surface area (Å²) in [7, 11) is 1.73. The lowest BCUT2D eigenvalue weighted by molar-refractivity contribution is 0.177. The molecular formula is C12H14ClF2NO. The van der Waals surface area contributed by atoms with Crippen molar-refractivity contribution in [3.05, 3.63) is 34.4 Å². The predicted octanol–water partition coefficient (Wildman–Crippen LogP) is 2.92. The lowest BCUT2D eigenvalue weighted by Gasteiger charge is -2.23. The molecule has 0 radical (unpaired) electrons. The third-order valence-corrected chi connectivity index (χ3v) is 3.41. The maximum absolute atomic E-state index is 13.8. The van der Waals surface area contributed by atoms with Crippen molar-refractivity contribution in [2.45, 2.75) is 12.5 Å². The average molecular weight is 262 g/mol. The van der Waals surface area contributed by atoms with Crippen LogP contribution in [0.1, 0.15) is 18.0 Å². The molecule has 1 fully saturated rings. The monoisotopic (exact) mass is 261 g/mol. The minimum atomic E-state index is -0.595. The van der Waals surface area contributed by atoms with E-state index in [0.29, 0.717) is 18.8 Å². The van der Waals surface area contributed by atoms with Gasteiger partial charge < -0.3 is 10.1 Å². The van der Waals surface area contributed by atoms with Crippen LogP contribution in [0.4, 0.5) is 8.78 Å². The average Bonchev–Trinajstić information content (AvgIpc) is 2.80. The van der Waals surface area contributed by atoms with Crippen molar-refractivity contribution in [1.82, 2.24) is 5.32 Å². The molecule has 5 heteroatoms. The largest absolute Gasteiger partial charge is 0.381 e. The number of hydrogen-bond acceptors (Lipinski definition) is 2. The lowest BCUT2D eigenvalue weighted by atomic mass is 9.92. The summed E-state index contributed by atoms with van der Waals surface area (Å²) in [6.07, 6.45) is 0.842. The molecule has 1 aliphatic heterocycles. The summed E-state index contributed by atoms with van der Waals surface area (Å²) >= 11 is 5.53. The molecule has 2 nitrogen and oxygen atoms in total. The first kappa shape index (κ1) is 12.7. The Hall–Kier alpha value is -0.710. The van der Waals surface area contributed by atoms with Crippen molar-refractivity contribution in [2.75, 3.05) is 20.3 Å². The SMILES string of the molecule is CNC(c1cc(F)c(Cl)cc1F)C1CCOC1. The summed E-state index contributed by atoms with van der Waals surface area (Å²) in [5.74, 6) is -0.917. The van der Waals surface area contributed by atoms with Gasteiger partial charge in [0.1, 0.15) is 11.6 Å². The molecule has 1 aliphatic rings. The summed E-state index contributed by atoms with van der Waals surface area (Å²) < 4.78 is 32.4. The first-order valence-electron chi connectivity index (χ1n) is 5.53. The Morgan fingerprint density at radius 2 is 2.18 bits per heavy atom. The van der Waals surface area contributed by atoms with Crippen LogP contribution < -0.4 is 5.32 Å². The molecule has 1 N–H and O–H groups in total. The highest BCUT2D eigenvalue weighted by Crippen LogP contribution is 2.32. The maximum atomic E-state index is 13.8. The molecule has 17 heavy (non-hydrogen) atoms. The summed E-state index contributed by atoms with van der Waals surface area (Å²) in [4.78, 5) is 0. The number of ether oxygens (including phenoxy) is 1. The Kier molecular flexibility index (Phi) is 3.97. The molecule has 1 aromatic rings. The van der Waals surface area contributed by atoms with Crippen molar-refractivity contribution in [3.63, 3.8) is 0 Å². The number of hydrogen-bond donors (Lipinski definition) is 1. The van der Waals surface area contributed by atoms with Gasteiger partial charge in [-0.2, -0.15) is 0 Å². The van der Waals surface area contributed by atoms with Gasteiger partial charge in [0.05, 0.1) is 11.6 Å². The summed E-state index contributed by atoms with van der Waals surface area (Å²) in [6, 6.07) is 1.94. The van der Waals surface area contributed by atoms with Crippen LogP contribution in [-0.4, -0.2) is 20.3 Å². The minimum absolute atomic E-state index is 0.162. The fourth-order valence-corrected chi connectivity index (χ4v) is 2.39. The number of rotatable bonds is 3. The van der Waals surface area contributed by atoms with Crippen LogP contribution in [0.15, 0.2) is 12.1 Å². The zero-order valence-electron chi connectivity index (χ0n) is 9.47. The zero-order valence-corrected chi connectivity index (χ0v) is 10.2. The standard InChI is InChI=1S/C12H14ClF2NO/c1-16-12(7-2-3-17-6-7)8-4-11(15)9(13)5-10(8)14/h4-5,7,12,16H,2-3,6H2,1H3. The highest BCUT2D eigenvalue weighted by atomic mass is 35.5. The third-order valence-electron chi connectivity index (χ3n) is 3.12. The lowest BCUT2D eigenvalue weighted by Crippen LogP contribution is -2.26. The fourth-order valence-electron chi connectivity index (χ4n) is 2.24. The molecule has 1 heterocycles. The van der Waals surface area contributed by atoms with Gasteiger partial charge in [0, 0.05) is 24.1 Å². The van der Waals surface area contributed by atoms with Gasteiger partial charge in [-0.3, -0.25) is 0 Å². The van der Waals surface area contributed by atoms with Gasteiger partial charge in [-0.1, -0.05) is 11.6 Å². The van der Waals surface area contributed by atoms with E-state index in [9.17, 15) is 8.78 Å². The van der Waals surface area contributed by atoms with Crippen LogP contribution in [0.2, 0.25) is 5.02 Å². The number of benzene rings is 1. The summed E-state index contributed by atoms with van der Waals surface area (Å²) in [5, 5.41) is 2.83. The molecule has 1 aromatic carbocycles. The van der Waals surface area contributed by atoms with Crippen molar-refractivity contribution in [3.8, 4) is 0 Å². The second kappa shape index (κ2) is 5.29.